The van der Waals surface area contributed by atoms with E-state index in [1.165, 1.54) is 0 Å². The number of hydrogen-bond acceptors (Lipinski definition) is 3. The molecule has 2 rings (SSSR count). The van der Waals surface area contributed by atoms with Crippen LogP contribution in [-0.4, -0.2) is 25.6 Å². The lowest BCUT2D eigenvalue weighted by molar-refractivity contribution is 0.00679. The van der Waals surface area contributed by atoms with Crippen molar-refractivity contribution in [2.24, 2.45) is 0 Å². The molecule has 5 heteroatoms. The minimum Gasteiger partial charge on any atom is -0.486 e. The van der Waals surface area contributed by atoms with Crippen LogP contribution in [0.25, 0.3) is 0 Å². The molecular weight excluding hydrogens is 352 g/mol. The third-order valence-electron chi connectivity index (χ3n) is 2.56. The second-order valence-electron chi connectivity index (χ2n) is 3.89. The number of halogens is 2. The molecule has 1 atom stereocenters. The highest BCUT2D eigenvalue weighted by atomic mass is 79.9. The van der Waals surface area contributed by atoms with Crippen LogP contribution in [0.5, 0.6) is 5.75 Å². The molecule has 0 amide bonds. The van der Waals surface area contributed by atoms with E-state index in [2.05, 4.69) is 31.9 Å². The van der Waals surface area contributed by atoms with Crippen LogP contribution in [0.2, 0.25) is 0 Å². The highest BCUT2D eigenvalue weighted by Crippen LogP contribution is 2.35. The van der Waals surface area contributed by atoms with Gasteiger partial charge in [0.25, 0.3) is 0 Å². The fourth-order valence-corrected chi connectivity index (χ4v) is 3.14. The highest BCUT2D eigenvalue weighted by Gasteiger charge is 2.18. The molecule has 1 fully saturated rings. The Balaban J connectivity index is 2.17. The van der Waals surface area contributed by atoms with E-state index in [0.717, 1.165) is 40.4 Å². The average molecular weight is 364 g/mol. The summed E-state index contributed by atoms with van der Waals surface area (Å²) in [6, 6.07) is 3.49. The van der Waals surface area contributed by atoms with Crippen LogP contribution >= 0.6 is 31.9 Å². The van der Waals surface area contributed by atoms with Gasteiger partial charge in [0.05, 0.1) is 15.6 Å². The van der Waals surface area contributed by atoms with Gasteiger partial charge >= 0.3 is 0 Å². The minimum atomic E-state index is 0.0819. The Bertz CT molecular complexity index is 391. The molecular formula is C12H12Br2O3. The molecule has 3 nitrogen and oxygen atoms in total. The third kappa shape index (κ3) is 3.30. The summed E-state index contributed by atoms with van der Waals surface area (Å²) in [5, 5.41) is 0. The predicted octanol–water partition coefficient (Wildman–Crippen LogP) is 3.58. The van der Waals surface area contributed by atoms with Crippen LogP contribution < -0.4 is 4.74 Å². The van der Waals surface area contributed by atoms with Gasteiger partial charge in [-0.3, -0.25) is 4.79 Å². The van der Waals surface area contributed by atoms with Crippen molar-refractivity contribution < 1.29 is 14.3 Å². The first-order chi connectivity index (χ1) is 8.20. The third-order valence-corrected chi connectivity index (χ3v) is 3.74. The van der Waals surface area contributed by atoms with Crippen molar-refractivity contribution in [1.82, 2.24) is 0 Å². The van der Waals surface area contributed by atoms with E-state index < -0.39 is 0 Å². The quantitative estimate of drug-likeness (QED) is 0.770. The maximum Gasteiger partial charge on any atom is 0.150 e. The Morgan fingerprint density at radius 1 is 1.35 bits per heavy atom. The molecule has 17 heavy (non-hydrogen) atoms. The zero-order valence-electron chi connectivity index (χ0n) is 9.12. The number of carbonyl (C=O) groups excluding carboxylic acids is 1. The second kappa shape index (κ2) is 5.98. The molecule has 0 radical (unpaired) electrons. The lowest BCUT2D eigenvalue weighted by Gasteiger charge is -2.24. The maximum absolute atomic E-state index is 10.7. The number of carbonyl (C=O) groups is 1. The molecule has 0 N–H and O–H groups in total. The summed E-state index contributed by atoms with van der Waals surface area (Å²) in [5.41, 5.74) is 0.607. The number of benzene rings is 1. The van der Waals surface area contributed by atoms with E-state index >= 15 is 0 Å². The summed E-state index contributed by atoms with van der Waals surface area (Å²) in [6.07, 6.45) is 2.90. The summed E-state index contributed by atoms with van der Waals surface area (Å²) in [7, 11) is 0. The molecule has 0 saturated carbocycles. The van der Waals surface area contributed by atoms with E-state index in [0.29, 0.717) is 12.2 Å². The van der Waals surface area contributed by atoms with Crippen molar-refractivity contribution in [3.8, 4) is 5.75 Å². The zero-order chi connectivity index (χ0) is 12.3. The summed E-state index contributed by atoms with van der Waals surface area (Å²) in [4.78, 5) is 10.7. The van der Waals surface area contributed by atoms with Crippen molar-refractivity contribution in [2.45, 2.75) is 18.9 Å². The normalized spacial score (nSPS) is 20.0. The number of rotatable bonds is 3. The van der Waals surface area contributed by atoms with Gasteiger partial charge in [-0.1, -0.05) is 0 Å². The van der Waals surface area contributed by atoms with Crippen molar-refractivity contribution in [1.29, 1.82) is 0 Å². The Kier molecular flexibility index (Phi) is 4.59. The van der Waals surface area contributed by atoms with Gasteiger partial charge in [-0.15, -0.1) is 0 Å². The molecule has 1 aliphatic rings. The number of hydrogen-bond donors (Lipinski definition) is 0. The molecule has 1 unspecified atom stereocenters. The van der Waals surface area contributed by atoms with Gasteiger partial charge in [-0.25, -0.2) is 0 Å². The Hall–Kier alpha value is -0.390. The van der Waals surface area contributed by atoms with Crippen molar-refractivity contribution in [3.05, 3.63) is 26.6 Å². The van der Waals surface area contributed by atoms with Crippen molar-refractivity contribution in [2.75, 3.05) is 13.2 Å². The first kappa shape index (κ1) is 13.1. The molecule has 92 valence electrons. The second-order valence-corrected chi connectivity index (χ2v) is 5.60. The molecule has 1 saturated heterocycles. The smallest absolute Gasteiger partial charge is 0.150 e. The summed E-state index contributed by atoms with van der Waals surface area (Å²) in [5.74, 6) is 0.728. The SMILES string of the molecule is O=Cc1cc(Br)c(OC2CCCOC2)c(Br)c1. The number of ether oxygens (including phenoxy) is 2. The fourth-order valence-electron chi connectivity index (χ4n) is 1.73. The van der Waals surface area contributed by atoms with Gasteiger partial charge in [-0.2, -0.15) is 0 Å². The lowest BCUT2D eigenvalue weighted by Crippen LogP contribution is -2.28. The molecule has 0 aromatic heterocycles. The molecule has 0 aliphatic carbocycles. The van der Waals surface area contributed by atoms with E-state index in [4.69, 9.17) is 9.47 Å². The summed E-state index contributed by atoms with van der Waals surface area (Å²) >= 11 is 6.82. The first-order valence-electron chi connectivity index (χ1n) is 5.39. The molecule has 1 aliphatic heterocycles. The molecule has 1 aromatic rings. The zero-order valence-corrected chi connectivity index (χ0v) is 12.3. The van der Waals surface area contributed by atoms with Crippen LogP contribution in [0, 0.1) is 0 Å². The largest absolute Gasteiger partial charge is 0.486 e. The van der Waals surface area contributed by atoms with Crippen LogP contribution in [0.1, 0.15) is 23.2 Å². The lowest BCUT2D eigenvalue weighted by atomic mass is 10.1. The molecule has 0 spiro atoms. The molecule has 0 bridgehead atoms. The van der Waals surface area contributed by atoms with Gasteiger partial charge in [0.15, 0.2) is 0 Å². The van der Waals surface area contributed by atoms with E-state index in [1.54, 1.807) is 12.1 Å². The standard InChI is InChI=1S/C12H12Br2O3/c13-10-4-8(6-15)5-11(14)12(10)17-9-2-1-3-16-7-9/h4-6,9H,1-3,7H2. The Morgan fingerprint density at radius 3 is 2.59 bits per heavy atom. The number of aldehydes is 1. The van der Waals surface area contributed by atoms with Crippen LogP contribution in [0.3, 0.4) is 0 Å². The minimum absolute atomic E-state index is 0.0819. The highest BCUT2D eigenvalue weighted by molar-refractivity contribution is 9.11. The van der Waals surface area contributed by atoms with Crippen LogP contribution in [-0.2, 0) is 4.74 Å². The van der Waals surface area contributed by atoms with E-state index in [9.17, 15) is 4.79 Å². The van der Waals surface area contributed by atoms with Crippen LogP contribution in [0.15, 0.2) is 21.1 Å². The van der Waals surface area contributed by atoms with Gasteiger partial charge in [0, 0.05) is 12.2 Å². The predicted molar refractivity (Wildman–Crippen MR) is 71.7 cm³/mol. The fraction of sp³-hybridized carbons (Fsp3) is 0.417. The first-order valence-corrected chi connectivity index (χ1v) is 6.98. The topological polar surface area (TPSA) is 35.5 Å². The Morgan fingerprint density at radius 2 is 2.06 bits per heavy atom. The van der Waals surface area contributed by atoms with Crippen molar-refractivity contribution >= 4 is 38.1 Å². The summed E-state index contributed by atoms with van der Waals surface area (Å²) < 4.78 is 12.8. The van der Waals surface area contributed by atoms with Gasteiger partial charge in [-0.05, 0) is 56.8 Å². The van der Waals surface area contributed by atoms with E-state index in [1.807, 2.05) is 0 Å². The van der Waals surface area contributed by atoms with Crippen LogP contribution in [0.4, 0.5) is 0 Å². The van der Waals surface area contributed by atoms with Crippen molar-refractivity contribution in [3.63, 3.8) is 0 Å². The van der Waals surface area contributed by atoms with Gasteiger partial charge < -0.3 is 9.47 Å². The average Bonchev–Trinajstić information content (AvgIpc) is 2.35. The monoisotopic (exact) mass is 362 g/mol. The van der Waals surface area contributed by atoms with Gasteiger partial charge in [0.2, 0.25) is 0 Å². The molecule has 1 heterocycles. The Labute approximate surface area is 117 Å². The summed E-state index contributed by atoms with van der Waals surface area (Å²) in [6.45, 7) is 1.43. The van der Waals surface area contributed by atoms with E-state index in [-0.39, 0.29) is 6.10 Å². The maximum atomic E-state index is 10.7. The molecule has 1 aromatic carbocycles. The van der Waals surface area contributed by atoms with Gasteiger partial charge in [0.1, 0.15) is 18.1 Å².